The van der Waals surface area contributed by atoms with Gasteiger partial charge in [0, 0.05) is 18.9 Å². The molecule has 2 heterocycles. The summed E-state index contributed by atoms with van der Waals surface area (Å²) in [6.07, 6.45) is 5.32. The maximum absolute atomic E-state index is 12.8. The van der Waals surface area contributed by atoms with Crippen molar-refractivity contribution < 1.29 is 9.53 Å². The predicted octanol–water partition coefficient (Wildman–Crippen LogP) is 1.62. The highest BCUT2D eigenvalue weighted by atomic mass is 16.5. The Balaban J connectivity index is 1.52. The summed E-state index contributed by atoms with van der Waals surface area (Å²) >= 11 is 0. The van der Waals surface area contributed by atoms with Crippen LogP contribution in [0.2, 0.25) is 0 Å². The number of benzene rings is 1. The summed E-state index contributed by atoms with van der Waals surface area (Å²) in [5.74, 6) is 0.480. The Morgan fingerprint density at radius 1 is 1.16 bits per heavy atom. The van der Waals surface area contributed by atoms with Gasteiger partial charge in [-0.05, 0) is 30.4 Å². The van der Waals surface area contributed by atoms with Gasteiger partial charge >= 0.3 is 5.69 Å². The van der Waals surface area contributed by atoms with Gasteiger partial charge in [0.25, 0.3) is 0 Å². The Labute approximate surface area is 146 Å². The quantitative estimate of drug-likeness (QED) is 0.849. The van der Waals surface area contributed by atoms with Gasteiger partial charge < -0.3 is 9.64 Å². The molecule has 0 unspecified atom stereocenters. The summed E-state index contributed by atoms with van der Waals surface area (Å²) in [5, 5.41) is 0. The van der Waals surface area contributed by atoms with Gasteiger partial charge in [0.05, 0.1) is 12.6 Å². The van der Waals surface area contributed by atoms with Crippen LogP contribution in [-0.2, 0) is 16.1 Å². The molecule has 2 atom stereocenters. The lowest BCUT2D eigenvalue weighted by Crippen LogP contribution is -2.49. The van der Waals surface area contributed by atoms with Crippen LogP contribution in [0.3, 0.4) is 0 Å². The number of carbonyl (C=O) groups excluding carboxylic acids is 1. The topological polar surface area (TPSA) is 64.4 Å². The second-order valence-electron chi connectivity index (χ2n) is 6.74. The number of amides is 1. The molecule has 0 N–H and O–H groups in total. The first-order valence-electron chi connectivity index (χ1n) is 8.70. The predicted molar refractivity (Wildman–Crippen MR) is 91.9 cm³/mol. The van der Waals surface area contributed by atoms with E-state index in [4.69, 9.17) is 4.74 Å². The molecule has 2 aliphatic rings. The second kappa shape index (κ2) is 6.80. The summed E-state index contributed by atoms with van der Waals surface area (Å²) in [7, 11) is 0. The molecule has 0 spiro atoms. The number of hydrogen-bond acceptors (Lipinski definition) is 4. The van der Waals surface area contributed by atoms with Gasteiger partial charge in [-0.1, -0.05) is 30.3 Å². The van der Waals surface area contributed by atoms with Crippen molar-refractivity contribution in [2.45, 2.75) is 31.6 Å². The molecule has 130 valence electrons. The average molecular weight is 339 g/mol. The third kappa shape index (κ3) is 3.64. The number of morpholine rings is 1. The number of hydrogen-bond donors (Lipinski definition) is 0. The summed E-state index contributed by atoms with van der Waals surface area (Å²) in [6.45, 7) is 1.13. The summed E-state index contributed by atoms with van der Waals surface area (Å²) in [6, 6.07) is 11.7. The number of aromatic nitrogens is 2. The van der Waals surface area contributed by atoms with Crippen LogP contribution >= 0.6 is 0 Å². The van der Waals surface area contributed by atoms with Crippen molar-refractivity contribution in [2.75, 3.05) is 13.1 Å². The van der Waals surface area contributed by atoms with E-state index < -0.39 is 5.69 Å². The van der Waals surface area contributed by atoms with Gasteiger partial charge in [-0.25, -0.2) is 9.78 Å². The molecule has 4 rings (SSSR count). The molecule has 1 aromatic carbocycles. The minimum Gasteiger partial charge on any atom is -0.366 e. The van der Waals surface area contributed by atoms with Gasteiger partial charge in [0.2, 0.25) is 5.91 Å². The van der Waals surface area contributed by atoms with Gasteiger partial charge in [-0.2, -0.15) is 0 Å². The van der Waals surface area contributed by atoms with E-state index in [-0.39, 0.29) is 24.7 Å². The van der Waals surface area contributed by atoms with E-state index in [2.05, 4.69) is 4.98 Å². The van der Waals surface area contributed by atoms with Crippen molar-refractivity contribution in [1.82, 2.24) is 14.5 Å². The molecule has 6 heteroatoms. The van der Waals surface area contributed by atoms with E-state index in [1.54, 1.807) is 12.3 Å². The first-order valence-corrected chi connectivity index (χ1v) is 8.70. The van der Waals surface area contributed by atoms with Crippen LogP contribution < -0.4 is 5.69 Å². The highest BCUT2D eigenvalue weighted by Gasteiger charge is 2.40. The van der Waals surface area contributed by atoms with Gasteiger partial charge in [0.15, 0.2) is 0 Å². The zero-order valence-electron chi connectivity index (χ0n) is 14.0. The molecule has 6 nitrogen and oxygen atoms in total. The maximum atomic E-state index is 12.8. The lowest BCUT2D eigenvalue weighted by Gasteiger charge is -2.38. The minimum atomic E-state index is -0.400. The van der Waals surface area contributed by atoms with Gasteiger partial charge in [-0.15, -0.1) is 0 Å². The number of rotatable bonds is 4. The minimum absolute atomic E-state index is 0.0194. The Kier molecular flexibility index (Phi) is 4.36. The molecule has 1 aliphatic heterocycles. The molecule has 2 fully saturated rings. The SMILES string of the molecule is O=C(Cn1cccnc1=O)N1C[C@@H](c2ccccc2)O[C@@H](C2CC2)C1. The zero-order valence-corrected chi connectivity index (χ0v) is 14.0. The third-order valence-electron chi connectivity index (χ3n) is 4.89. The van der Waals surface area contributed by atoms with E-state index in [0.717, 1.165) is 18.4 Å². The lowest BCUT2D eigenvalue weighted by molar-refractivity contribution is -0.148. The maximum Gasteiger partial charge on any atom is 0.347 e. The van der Waals surface area contributed by atoms with Gasteiger partial charge in [0.1, 0.15) is 12.6 Å². The zero-order chi connectivity index (χ0) is 17.2. The fourth-order valence-electron chi connectivity index (χ4n) is 3.33. The van der Waals surface area contributed by atoms with E-state index in [0.29, 0.717) is 19.0 Å². The Morgan fingerprint density at radius 2 is 1.96 bits per heavy atom. The average Bonchev–Trinajstić information content (AvgIpc) is 3.49. The van der Waals surface area contributed by atoms with Crippen molar-refractivity contribution in [3.8, 4) is 0 Å². The van der Waals surface area contributed by atoms with Crippen molar-refractivity contribution >= 4 is 5.91 Å². The first kappa shape index (κ1) is 16.0. The third-order valence-corrected chi connectivity index (χ3v) is 4.89. The van der Waals surface area contributed by atoms with Crippen LogP contribution in [0, 0.1) is 5.92 Å². The summed E-state index contributed by atoms with van der Waals surface area (Å²) in [4.78, 5) is 30.1. The molecule has 1 aromatic heterocycles. The summed E-state index contributed by atoms with van der Waals surface area (Å²) < 4.78 is 7.62. The molecule has 25 heavy (non-hydrogen) atoms. The highest BCUT2D eigenvalue weighted by molar-refractivity contribution is 5.76. The molecule has 0 bridgehead atoms. The normalized spacial score (nSPS) is 23.4. The lowest BCUT2D eigenvalue weighted by atomic mass is 10.0. The number of carbonyl (C=O) groups is 1. The first-order chi connectivity index (χ1) is 12.2. The van der Waals surface area contributed by atoms with Crippen LogP contribution in [0.25, 0.3) is 0 Å². The number of ether oxygens (including phenoxy) is 1. The van der Waals surface area contributed by atoms with Crippen molar-refractivity contribution in [2.24, 2.45) is 5.92 Å². The molecule has 1 saturated heterocycles. The second-order valence-corrected chi connectivity index (χ2v) is 6.74. The highest BCUT2D eigenvalue weighted by Crippen LogP contribution is 2.39. The largest absolute Gasteiger partial charge is 0.366 e. The standard InChI is InChI=1S/C19H21N3O3/c23-18(13-21-10-4-9-20-19(21)24)22-11-16(14-5-2-1-3-6-14)25-17(12-22)15-7-8-15/h1-6,9-10,15-17H,7-8,11-13H2/t16-,17+/m0/s1. The molecular weight excluding hydrogens is 318 g/mol. The van der Waals surface area contributed by atoms with Crippen LogP contribution in [0.4, 0.5) is 0 Å². The monoisotopic (exact) mass is 339 g/mol. The summed E-state index contributed by atoms with van der Waals surface area (Å²) in [5.41, 5.74) is 0.687. The van der Waals surface area contributed by atoms with E-state index in [1.165, 1.54) is 10.8 Å². The number of nitrogens with zero attached hydrogens (tertiary/aromatic N) is 3. The van der Waals surface area contributed by atoms with E-state index >= 15 is 0 Å². The molecular formula is C19H21N3O3. The van der Waals surface area contributed by atoms with Crippen LogP contribution in [0.15, 0.2) is 53.6 Å². The molecule has 0 radical (unpaired) electrons. The van der Waals surface area contributed by atoms with Gasteiger partial charge in [-0.3, -0.25) is 9.36 Å². The van der Waals surface area contributed by atoms with Crippen LogP contribution in [-0.4, -0.2) is 39.6 Å². The van der Waals surface area contributed by atoms with E-state index in [1.807, 2.05) is 35.2 Å². The van der Waals surface area contributed by atoms with E-state index in [9.17, 15) is 9.59 Å². The van der Waals surface area contributed by atoms with Crippen molar-refractivity contribution in [1.29, 1.82) is 0 Å². The fraction of sp³-hybridized carbons (Fsp3) is 0.421. The molecule has 2 aromatic rings. The smallest absolute Gasteiger partial charge is 0.347 e. The van der Waals surface area contributed by atoms with Crippen molar-refractivity contribution in [3.63, 3.8) is 0 Å². The van der Waals surface area contributed by atoms with Crippen LogP contribution in [0.5, 0.6) is 0 Å². The van der Waals surface area contributed by atoms with Crippen molar-refractivity contribution in [3.05, 3.63) is 64.8 Å². The fourth-order valence-corrected chi connectivity index (χ4v) is 3.33. The van der Waals surface area contributed by atoms with Crippen LogP contribution in [0.1, 0.15) is 24.5 Å². The molecule has 1 saturated carbocycles. The Hall–Kier alpha value is -2.47. The molecule has 1 aliphatic carbocycles. The molecule has 1 amide bonds. The Morgan fingerprint density at radius 3 is 2.68 bits per heavy atom. The Bertz CT molecular complexity index is 801.